The zero-order chi connectivity index (χ0) is 12.0. The second-order valence-electron chi connectivity index (χ2n) is 6.28. The molecule has 0 bridgehead atoms. The maximum absolute atomic E-state index is 3.61. The maximum atomic E-state index is 3.61. The SMILES string of the molecule is CCC(CCCNC1CC1)CNC(C)(C)C. The van der Waals surface area contributed by atoms with E-state index in [-0.39, 0.29) is 5.54 Å². The number of hydrogen-bond donors (Lipinski definition) is 2. The van der Waals surface area contributed by atoms with E-state index in [0.29, 0.717) is 0 Å². The Bertz CT molecular complexity index is 180. The average molecular weight is 226 g/mol. The summed E-state index contributed by atoms with van der Waals surface area (Å²) >= 11 is 0. The van der Waals surface area contributed by atoms with Gasteiger partial charge in [0.25, 0.3) is 0 Å². The van der Waals surface area contributed by atoms with Crippen molar-refractivity contribution in [3.8, 4) is 0 Å². The largest absolute Gasteiger partial charge is 0.314 e. The molecule has 1 atom stereocenters. The quantitative estimate of drug-likeness (QED) is 0.622. The normalized spacial score (nSPS) is 18.8. The van der Waals surface area contributed by atoms with Gasteiger partial charge in [-0.05, 0) is 65.5 Å². The molecule has 96 valence electrons. The highest BCUT2D eigenvalue weighted by Crippen LogP contribution is 2.19. The van der Waals surface area contributed by atoms with E-state index in [1.807, 2.05) is 0 Å². The van der Waals surface area contributed by atoms with Crippen molar-refractivity contribution in [3.63, 3.8) is 0 Å². The summed E-state index contributed by atoms with van der Waals surface area (Å²) in [5, 5.41) is 7.20. The van der Waals surface area contributed by atoms with Crippen LogP contribution < -0.4 is 10.6 Å². The fourth-order valence-electron chi connectivity index (χ4n) is 1.89. The third kappa shape index (κ3) is 7.24. The summed E-state index contributed by atoms with van der Waals surface area (Å²) in [5.41, 5.74) is 0.264. The van der Waals surface area contributed by atoms with E-state index in [1.54, 1.807) is 0 Å². The molecule has 2 N–H and O–H groups in total. The number of hydrogen-bond acceptors (Lipinski definition) is 2. The van der Waals surface area contributed by atoms with Gasteiger partial charge in [0.15, 0.2) is 0 Å². The van der Waals surface area contributed by atoms with E-state index in [9.17, 15) is 0 Å². The average Bonchev–Trinajstić information content (AvgIpc) is 2.99. The molecule has 0 saturated heterocycles. The predicted octanol–water partition coefficient (Wildman–Crippen LogP) is 2.93. The Hall–Kier alpha value is -0.0800. The van der Waals surface area contributed by atoms with Crippen LogP contribution in [0.25, 0.3) is 0 Å². The van der Waals surface area contributed by atoms with Gasteiger partial charge in [0, 0.05) is 11.6 Å². The summed E-state index contributed by atoms with van der Waals surface area (Å²) < 4.78 is 0. The van der Waals surface area contributed by atoms with Crippen molar-refractivity contribution >= 4 is 0 Å². The van der Waals surface area contributed by atoms with Crippen LogP contribution in [0.4, 0.5) is 0 Å². The molecule has 1 aliphatic carbocycles. The first-order valence-corrected chi connectivity index (χ1v) is 6.99. The summed E-state index contributed by atoms with van der Waals surface area (Å²) in [5.74, 6) is 0.847. The summed E-state index contributed by atoms with van der Waals surface area (Å²) in [6.45, 7) is 11.4. The molecule has 0 radical (unpaired) electrons. The molecule has 0 aromatic carbocycles. The molecule has 1 unspecified atom stereocenters. The predicted molar refractivity (Wildman–Crippen MR) is 71.8 cm³/mol. The summed E-state index contributed by atoms with van der Waals surface area (Å²) in [6.07, 6.45) is 6.80. The second kappa shape index (κ2) is 6.61. The van der Waals surface area contributed by atoms with Crippen LogP contribution in [0.1, 0.15) is 59.8 Å². The molecule has 2 heteroatoms. The van der Waals surface area contributed by atoms with E-state index in [4.69, 9.17) is 0 Å². The third-order valence-electron chi connectivity index (χ3n) is 3.30. The maximum Gasteiger partial charge on any atom is 0.00966 e. The van der Waals surface area contributed by atoms with Gasteiger partial charge in [0.1, 0.15) is 0 Å². The molecule has 0 spiro atoms. The van der Waals surface area contributed by atoms with Gasteiger partial charge in [0.2, 0.25) is 0 Å². The first kappa shape index (κ1) is 14.0. The first-order chi connectivity index (χ1) is 7.51. The van der Waals surface area contributed by atoms with E-state index in [0.717, 1.165) is 12.0 Å². The van der Waals surface area contributed by atoms with Crippen molar-refractivity contribution in [3.05, 3.63) is 0 Å². The topological polar surface area (TPSA) is 24.1 Å². The van der Waals surface area contributed by atoms with E-state index < -0.39 is 0 Å². The van der Waals surface area contributed by atoms with Crippen LogP contribution in [0.15, 0.2) is 0 Å². The van der Waals surface area contributed by atoms with Crippen molar-refractivity contribution in [1.29, 1.82) is 0 Å². The second-order valence-corrected chi connectivity index (χ2v) is 6.28. The Morgan fingerprint density at radius 3 is 2.44 bits per heavy atom. The Morgan fingerprint density at radius 1 is 1.25 bits per heavy atom. The van der Waals surface area contributed by atoms with Gasteiger partial charge in [-0.15, -0.1) is 0 Å². The molecule has 0 aromatic rings. The van der Waals surface area contributed by atoms with Gasteiger partial charge in [-0.25, -0.2) is 0 Å². The molecule has 1 saturated carbocycles. The Labute approximate surface area is 102 Å². The minimum Gasteiger partial charge on any atom is -0.314 e. The van der Waals surface area contributed by atoms with E-state index >= 15 is 0 Å². The lowest BCUT2D eigenvalue weighted by molar-refractivity contribution is 0.346. The monoisotopic (exact) mass is 226 g/mol. The Balaban J connectivity index is 2.01. The van der Waals surface area contributed by atoms with Crippen molar-refractivity contribution in [2.75, 3.05) is 13.1 Å². The van der Waals surface area contributed by atoms with Gasteiger partial charge in [0.05, 0.1) is 0 Å². The fraction of sp³-hybridized carbons (Fsp3) is 1.00. The Kier molecular flexibility index (Phi) is 5.77. The lowest BCUT2D eigenvalue weighted by Gasteiger charge is -2.24. The third-order valence-corrected chi connectivity index (χ3v) is 3.30. The van der Waals surface area contributed by atoms with Crippen molar-refractivity contribution in [1.82, 2.24) is 10.6 Å². The van der Waals surface area contributed by atoms with Crippen LogP contribution in [0.5, 0.6) is 0 Å². The molecule has 0 aromatic heterocycles. The van der Waals surface area contributed by atoms with Crippen LogP contribution in [0, 0.1) is 5.92 Å². The van der Waals surface area contributed by atoms with Crippen molar-refractivity contribution < 1.29 is 0 Å². The van der Waals surface area contributed by atoms with Gasteiger partial charge >= 0.3 is 0 Å². The van der Waals surface area contributed by atoms with E-state index in [1.165, 1.54) is 45.2 Å². The molecule has 1 fully saturated rings. The minimum atomic E-state index is 0.264. The van der Waals surface area contributed by atoms with Gasteiger partial charge in [-0.1, -0.05) is 13.3 Å². The summed E-state index contributed by atoms with van der Waals surface area (Å²) in [6, 6.07) is 0.868. The van der Waals surface area contributed by atoms with Gasteiger partial charge < -0.3 is 10.6 Å². The van der Waals surface area contributed by atoms with Crippen LogP contribution in [0.3, 0.4) is 0 Å². The number of nitrogens with one attached hydrogen (secondary N) is 2. The molecular formula is C14H30N2. The van der Waals surface area contributed by atoms with Crippen LogP contribution in [-0.2, 0) is 0 Å². The summed E-state index contributed by atoms with van der Waals surface area (Å²) in [4.78, 5) is 0. The van der Waals surface area contributed by atoms with Crippen LogP contribution >= 0.6 is 0 Å². The molecule has 2 nitrogen and oxygen atoms in total. The molecule has 16 heavy (non-hydrogen) atoms. The Morgan fingerprint density at radius 2 is 1.94 bits per heavy atom. The van der Waals surface area contributed by atoms with Crippen molar-refractivity contribution in [2.45, 2.75) is 71.4 Å². The van der Waals surface area contributed by atoms with Crippen molar-refractivity contribution in [2.24, 2.45) is 5.92 Å². The van der Waals surface area contributed by atoms with Gasteiger partial charge in [-0.2, -0.15) is 0 Å². The van der Waals surface area contributed by atoms with E-state index in [2.05, 4.69) is 38.3 Å². The summed E-state index contributed by atoms with van der Waals surface area (Å²) in [7, 11) is 0. The molecular weight excluding hydrogens is 196 g/mol. The fourth-order valence-corrected chi connectivity index (χ4v) is 1.89. The zero-order valence-electron chi connectivity index (χ0n) is 11.6. The molecule has 0 amide bonds. The smallest absolute Gasteiger partial charge is 0.00966 e. The first-order valence-electron chi connectivity index (χ1n) is 6.99. The zero-order valence-corrected chi connectivity index (χ0v) is 11.6. The highest BCUT2D eigenvalue weighted by molar-refractivity contribution is 4.80. The molecule has 0 heterocycles. The lowest BCUT2D eigenvalue weighted by Crippen LogP contribution is -2.39. The number of rotatable bonds is 8. The lowest BCUT2D eigenvalue weighted by atomic mass is 9.98. The standard InChI is InChI=1S/C14H30N2/c1-5-12(11-16-14(2,3)4)7-6-10-15-13-8-9-13/h12-13,15-16H,5-11H2,1-4H3. The van der Waals surface area contributed by atoms with Crippen LogP contribution in [0.2, 0.25) is 0 Å². The highest BCUT2D eigenvalue weighted by Gasteiger charge is 2.19. The molecule has 1 rings (SSSR count). The minimum absolute atomic E-state index is 0.264. The van der Waals surface area contributed by atoms with Crippen LogP contribution in [-0.4, -0.2) is 24.7 Å². The molecule has 1 aliphatic rings. The molecule has 0 aliphatic heterocycles. The highest BCUT2D eigenvalue weighted by atomic mass is 14.9. The van der Waals surface area contributed by atoms with Gasteiger partial charge in [-0.3, -0.25) is 0 Å².